The van der Waals surface area contributed by atoms with Crippen LogP contribution in [0.1, 0.15) is 87.0 Å². The lowest BCUT2D eigenvalue weighted by Gasteiger charge is -2.11. The van der Waals surface area contributed by atoms with E-state index >= 15 is 0 Å². The number of nitrogen functional groups attached to an aromatic ring is 2. The van der Waals surface area contributed by atoms with Gasteiger partial charge in [0.25, 0.3) is 0 Å². The summed E-state index contributed by atoms with van der Waals surface area (Å²) in [5, 5.41) is 25.0. The number of anilines is 3. The maximum Gasteiger partial charge on any atom is 0.417 e. The summed E-state index contributed by atoms with van der Waals surface area (Å²) in [5.41, 5.74) is 16.0. The Hall–Kier alpha value is -8.48. The molecule has 426 valence electrons. The van der Waals surface area contributed by atoms with Crippen molar-refractivity contribution in [3.8, 4) is 6.07 Å². The molecular formula is C51H64ClN11O14S2. The molecule has 0 saturated carbocycles. The van der Waals surface area contributed by atoms with Gasteiger partial charge >= 0.3 is 29.8 Å². The van der Waals surface area contributed by atoms with Crippen molar-refractivity contribution in [3.05, 3.63) is 99.6 Å². The first-order valence-corrected chi connectivity index (χ1v) is 28.1. The number of nitrogens with zero attached hydrogens (tertiary/aromatic N) is 6. The first-order chi connectivity index (χ1) is 37.3. The Morgan fingerprint density at radius 2 is 1.05 bits per heavy atom. The SMILES string of the molecule is CCC#N.CCOC(=O)C(=O)OCC.CCOC(=O)C1=C(C)C(Nc2ccnc3ccc(S(C)(=O)=O)cc23)=NC1.CCOC(=O)c1[nH]nc(N)c1C.CCOC(=O)c1[nH]nc(N)c1C.CS(=O)(=O)c1ccc2nccc(Cl)c2c1. The van der Waals surface area contributed by atoms with Crippen molar-refractivity contribution in [2.24, 2.45) is 4.99 Å². The number of halogens is 1. The minimum Gasteiger partial charge on any atom is -0.463 e. The summed E-state index contributed by atoms with van der Waals surface area (Å²) in [4.78, 5) is 68.3. The molecular weight excluding hydrogens is 1090 g/mol. The van der Waals surface area contributed by atoms with Crippen LogP contribution in [0.3, 0.4) is 0 Å². The van der Waals surface area contributed by atoms with Crippen molar-refractivity contribution in [2.45, 2.75) is 78.5 Å². The number of H-pyrrole nitrogens is 2. The number of amidine groups is 1. The number of hydrogen-bond donors (Lipinski definition) is 5. The summed E-state index contributed by atoms with van der Waals surface area (Å²) < 4.78 is 69.6. The van der Waals surface area contributed by atoms with E-state index in [1.54, 1.807) is 104 Å². The number of aromatic nitrogens is 6. The maximum atomic E-state index is 12.0. The van der Waals surface area contributed by atoms with Gasteiger partial charge in [0.2, 0.25) is 0 Å². The van der Waals surface area contributed by atoms with E-state index in [9.17, 15) is 40.8 Å². The first kappa shape index (κ1) is 66.6. The number of nitriles is 1. The van der Waals surface area contributed by atoms with Gasteiger partial charge in [0.1, 0.15) is 28.9 Å². The number of sulfone groups is 2. The number of ether oxygens (including phenoxy) is 5. The van der Waals surface area contributed by atoms with Crippen molar-refractivity contribution in [3.63, 3.8) is 0 Å². The number of nitrogens with two attached hydrogens (primary N) is 2. The van der Waals surface area contributed by atoms with E-state index in [1.165, 1.54) is 18.4 Å². The predicted octanol–water partition coefficient (Wildman–Crippen LogP) is 6.62. The summed E-state index contributed by atoms with van der Waals surface area (Å²) in [6.07, 6.45) is 6.17. The lowest BCUT2D eigenvalue weighted by atomic mass is 10.1. The van der Waals surface area contributed by atoms with E-state index in [1.807, 2.05) is 13.0 Å². The summed E-state index contributed by atoms with van der Waals surface area (Å²) in [7, 11) is -6.53. The van der Waals surface area contributed by atoms with Gasteiger partial charge in [-0.15, -0.1) is 0 Å². The Labute approximate surface area is 462 Å². The molecule has 0 saturated heterocycles. The van der Waals surface area contributed by atoms with Crippen LogP contribution >= 0.6 is 11.6 Å². The molecule has 28 heteroatoms. The van der Waals surface area contributed by atoms with Crippen LogP contribution in [-0.2, 0) is 57.7 Å². The molecule has 0 bridgehead atoms. The number of fused-ring (bicyclic) bond motifs is 2. The van der Waals surface area contributed by atoms with Crippen LogP contribution in [0.2, 0.25) is 5.02 Å². The average Bonchev–Trinajstić information content (AvgIpc) is 4.10. The third-order valence-corrected chi connectivity index (χ3v) is 12.7. The van der Waals surface area contributed by atoms with E-state index in [0.717, 1.165) is 6.26 Å². The highest BCUT2D eigenvalue weighted by Crippen LogP contribution is 2.28. The molecule has 5 heterocycles. The minimum absolute atomic E-state index is 0.192. The van der Waals surface area contributed by atoms with Gasteiger partial charge in [-0.05, 0) is 104 Å². The third kappa shape index (κ3) is 20.4. The van der Waals surface area contributed by atoms with Crippen molar-refractivity contribution >= 4 is 106 Å². The zero-order valence-electron chi connectivity index (χ0n) is 45.5. The van der Waals surface area contributed by atoms with Gasteiger partial charge in [0, 0.05) is 58.8 Å². The van der Waals surface area contributed by atoms with Crippen LogP contribution < -0.4 is 16.8 Å². The fourth-order valence-corrected chi connectivity index (χ4v) is 7.53. The molecule has 0 amide bonds. The fraction of sp³-hybridized carbons (Fsp3) is 0.353. The van der Waals surface area contributed by atoms with Gasteiger partial charge in [0.05, 0.1) is 82.8 Å². The van der Waals surface area contributed by atoms with E-state index in [-0.39, 0.29) is 35.5 Å². The number of carbonyl (C=O) groups is 5. The van der Waals surface area contributed by atoms with Crippen LogP contribution in [-0.4, -0.2) is 135 Å². The van der Waals surface area contributed by atoms with E-state index in [0.29, 0.717) is 110 Å². The van der Waals surface area contributed by atoms with Crippen molar-refractivity contribution in [2.75, 3.05) is 68.9 Å². The van der Waals surface area contributed by atoms with E-state index < -0.39 is 43.6 Å². The second-order valence-corrected chi connectivity index (χ2v) is 20.2. The standard InChI is InChI=1S/C18H19N3O4S.C10H8ClNO2S.2C7H11N3O2.C6H10O4.C3H5N/c1-4-25-18(22)14-10-20-17(11(14)2)21-16-7-8-19-15-6-5-12(9-13(15)16)26(3,23)24;1-15(13,14)7-2-3-10-8(6-7)9(11)4-5-12-10;2*1-3-12-7(11)5-4(2)6(8)10-9-5;1-3-9-5(7)6(8)10-4-2;1-2-3-4/h5-9H,4,10H2,1-3H3,(H,19,20,21);2-6H,1H3;2*3H2,1-2H3,(H3,8,9,10);3-4H2,1-2H3;2H2,1H3. The Morgan fingerprint density at radius 3 is 1.44 bits per heavy atom. The van der Waals surface area contributed by atoms with Gasteiger partial charge in [-0.3, -0.25) is 25.2 Å². The lowest BCUT2D eigenvalue weighted by Crippen LogP contribution is -2.19. The Balaban J connectivity index is 0.000000349. The van der Waals surface area contributed by atoms with Gasteiger partial charge in [0.15, 0.2) is 19.7 Å². The number of rotatable bonds is 11. The molecule has 1 aliphatic heterocycles. The fourth-order valence-electron chi connectivity index (χ4n) is 6.03. The lowest BCUT2D eigenvalue weighted by molar-refractivity contribution is -0.167. The molecule has 1 aliphatic rings. The highest BCUT2D eigenvalue weighted by Gasteiger charge is 2.24. The number of pyridine rings is 2. The second kappa shape index (κ2) is 32.3. The van der Waals surface area contributed by atoms with Crippen LogP contribution in [0.5, 0.6) is 0 Å². The molecule has 0 fully saturated rings. The maximum absolute atomic E-state index is 12.0. The van der Waals surface area contributed by atoms with Crippen LogP contribution in [0.25, 0.3) is 21.8 Å². The highest BCUT2D eigenvalue weighted by atomic mass is 35.5. The minimum atomic E-state index is -3.33. The molecule has 2 aromatic carbocycles. The molecule has 0 atom stereocenters. The summed E-state index contributed by atoms with van der Waals surface area (Å²) >= 11 is 5.94. The molecule has 0 unspecified atom stereocenters. The monoisotopic (exact) mass is 1150 g/mol. The zero-order chi connectivity index (χ0) is 59.6. The molecule has 4 aromatic heterocycles. The normalized spacial score (nSPS) is 11.4. The van der Waals surface area contributed by atoms with E-state index in [2.05, 4.69) is 50.1 Å². The van der Waals surface area contributed by atoms with Crippen LogP contribution in [0.4, 0.5) is 17.3 Å². The summed E-state index contributed by atoms with van der Waals surface area (Å²) in [5.74, 6) is -1.84. The molecule has 0 aliphatic carbocycles. The molecule has 25 nitrogen and oxygen atoms in total. The first-order valence-electron chi connectivity index (χ1n) is 23.9. The molecule has 7 rings (SSSR count). The van der Waals surface area contributed by atoms with Crippen LogP contribution in [0.15, 0.2) is 86.9 Å². The predicted molar refractivity (Wildman–Crippen MR) is 297 cm³/mol. The van der Waals surface area contributed by atoms with E-state index in [4.69, 9.17) is 42.5 Å². The molecule has 79 heavy (non-hydrogen) atoms. The highest BCUT2D eigenvalue weighted by molar-refractivity contribution is 7.91. The van der Waals surface area contributed by atoms with Crippen LogP contribution in [0, 0.1) is 25.2 Å². The van der Waals surface area contributed by atoms with Gasteiger partial charge in [-0.1, -0.05) is 18.5 Å². The third-order valence-electron chi connectivity index (χ3n) is 10.1. The second-order valence-electron chi connectivity index (χ2n) is 15.8. The summed E-state index contributed by atoms with van der Waals surface area (Å²) in [6, 6.07) is 14.8. The summed E-state index contributed by atoms with van der Waals surface area (Å²) in [6.45, 7) is 17.2. The number of aromatic amines is 2. The topological polar surface area (TPSA) is 383 Å². The Morgan fingerprint density at radius 1 is 0.646 bits per heavy atom. The van der Waals surface area contributed by atoms with Crippen molar-refractivity contribution in [1.82, 2.24) is 30.4 Å². The van der Waals surface area contributed by atoms with Gasteiger partial charge < -0.3 is 40.5 Å². The van der Waals surface area contributed by atoms with Gasteiger partial charge in [-0.25, -0.2) is 40.8 Å². The smallest absolute Gasteiger partial charge is 0.417 e. The largest absolute Gasteiger partial charge is 0.463 e. The number of aliphatic imine (C=N–C) groups is 1. The quantitative estimate of drug-likeness (QED) is 0.0516. The Bertz CT molecular complexity index is 3370. The average molecular weight is 1150 g/mol. The molecule has 7 N–H and O–H groups in total. The van der Waals surface area contributed by atoms with Gasteiger partial charge in [-0.2, -0.15) is 15.5 Å². The van der Waals surface area contributed by atoms with Crippen molar-refractivity contribution < 1.29 is 64.5 Å². The number of hydrogen-bond acceptors (Lipinski definition) is 23. The molecule has 0 spiro atoms. The zero-order valence-corrected chi connectivity index (χ0v) is 47.9. The number of benzene rings is 2. The van der Waals surface area contributed by atoms with Crippen molar-refractivity contribution in [1.29, 1.82) is 5.26 Å². The molecule has 6 aromatic rings. The molecule has 0 radical (unpaired) electrons. The number of esters is 5. The number of nitrogens with one attached hydrogen (secondary N) is 3. The Kier molecular flexibility index (Phi) is 27.2. The number of carbonyl (C=O) groups excluding carboxylic acids is 5.